The SMILES string of the molecule is CN(C)C(=O)N(C(=O)c1ccc(Cl)cc1)c1ccccn1. The van der Waals surface area contributed by atoms with E-state index in [1.165, 1.54) is 11.1 Å². The fourth-order valence-corrected chi connectivity index (χ4v) is 1.82. The summed E-state index contributed by atoms with van der Waals surface area (Å²) in [5.41, 5.74) is 0.361. The predicted molar refractivity (Wildman–Crippen MR) is 81.6 cm³/mol. The van der Waals surface area contributed by atoms with Gasteiger partial charge in [-0.3, -0.25) is 4.79 Å². The van der Waals surface area contributed by atoms with Gasteiger partial charge < -0.3 is 4.90 Å². The first kappa shape index (κ1) is 15.0. The van der Waals surface area contributed by atoms with Gasteiger partial charge in [0.1, 0.15) is 5.82 Å². The average molecular weight is 304 g/mol. The van der Waals surface area contributed by atoms with E-state index < -0.39 is 11.9 Å². The molecule has 0 unspecified atom stereocenters. The fraction of sp³-hybridized carbons (Fsp3) is 0.133. The summed E-state index contributed by atoms with van der Waals surface area (Å²) in [4.78, 5) is 31.3. The number of hydrogen-bond donors (Lipinski definition) is 0. The molecule has 0 aliphatic rings. The number of aromatic nitrogens is 1. The van der Waals surface area contributed by atoms with Gasteiger partial charge in [0.15, 0.2) is 0 Å². The second-order valence-electron chi connectivity index (χ2n) is 4.51. The Balaban J connectivity index is 2.42. The van der Waals surface area contributed by atoms with Gasteiger partial charge in [0.05, 0.1) is 0 Å². The van der Waals surface area contributed by atoms with Gasteiger partial charge in [-0.1, -0.05) is 17.7 Å². The Labute approximate surface area is 127 Å². The minimum Gasteiger partial charge on any atom is -0.330 e. The highest BCUT2D eigenvalue weighted by Gasteiger charge is 2.26. The first-order valence-corrected chi connectivity index (χ1v) is 6.61. The van der Waals surface area contributed by atoms with Crippen molar-refractivity contribution in [3.8, 4) is 0 Å². The first-order valence-electron chi connectivity index (χ1n) is 6.23. The molecule has 3 amide bonds. The lowest BCUT2D eigenvalue weighted by Crippen LogP contribution is -2.43. The summed E-state index contributed by atoms with van der Waals surface area (Å²) >= 11 is 5.81. The van der Waals surface area contributed by atoms with Crippen LogP contribution in [0, 0.1) is 0 Å². The van der Waals surface area contributed by atoms with Crippen molar-refractivity contribution >= 4 is 29.4 Å². The molecule has 0 spiro atoms. The molecule has 0 aliphatic carbocycles. The Morgan fingerprint density at radius 3 is 2.24 bits per heavy atom. The van der Waals surface area contributed by atoms with Crippen molar-refractivity contribution in [2.45, 2.75) is 0 Å². The Morgan fingerprint density at radius 1 is 1.05 bits per heavy atom. The molecular formula is C15H14ClN3O2. The van der Waals surface area contributed by atoms with Crippen LogP contribution in [0.4, 0.5) is 10.6 Å². The number of imide groups is 1. The molecule has 0 saturated heterocycles. The molecule has 21 heavy (non-hydrogen) atoms. The lowest BCUT2D eigenvalue weighted by Gasteiger charge is -2.23. The minimum absolute atomic E-state index is 0.274. The summed E-state index contributed by atoms with van der Waals surface area (Å²) in [5.74, 6) is -0.180. The molecule has 1 aromatic heterocycles. The van der Waals surface area contributed by atoms with Crippen LogP contribution < -0.4 is 4.90 Å². The van der Waals surface area contributed by atoms with Crippen LogP contribution in [0.5, 0.6) is 0 Å². The van der Waals surface area contributed by atoms with Gasteiger partial charge in [-0.2, -0.15) is 0 Å². The first-order chi connectivity index (χ1) is 10.0. The third-order valence-corrected chi connectivity index (χ3v) is 3.00. The standard InChI is InChI=1S/C15H14ClN3O2/c1-18(2)15(21)19(13-5-3-4-10-17-13)14(20)11-6-8-12(16)9-7-11/h3-10H,1-2H3. The summed E-state index contributed by atoms with van der Waals surface area (Å²) in [6, 6.07) is 10.9. The maximum absolute atomic E-state index is 12.6. The molecule has 0 atom stereocenters. The Kier molecular flexibility index (Phi) is 4.55. The average Bonchev–Trinajstić information content (AvgIpc) is 2.49. The topological polar surface area (TPSA) is 53.5 Å². The minimum atomic E-state index is -0.464. The molecular weight excluding hydrogens is 290 g/mol. The zero-order valence-corrected chi connectivity index (χ0v) is 12.4. The summed E-state index contributed by atoms with van der Waals surface area (Å²) in [7, 11) is 3.15. The Hall–Kier alpha value is -2.40. The van der Waals surface area contributed by atoms with Gasteiger partial charge in [-0.05, 0) is 36.4 Å². The van der Waals surface area contributed by atoms with Crippen LogP contribution >= 0.6 is 11.6 Å². The lowest BCUT2D eigenvalue weighted by molar-refractivity contribution is 0.0988. The van der Waals surface area contributed by atoms with E-state index in [0.29, 0.717) is 10.6 Å². The van der Waals surface area contributed by atoms with Crippen molar-refractivity contribution in [1.29, 1.82) is 0 Å². The number of carbonyl (C=O) groups excluding carboxylic acids is 2. The largest absolute Gasteiger partial charge is 0.332 e. The number of benzene rings is 1. The maximum Gasteiger partial charge on any atom is 0.332 e. The summed E-state index contributed by atoms with van der Waals surface area (Å²) < 4.78 is 0. The van der Waals surface area contributed by atoms with Crippen LogP contribution in [0.1, 0.15) is 10.4 Å². The van der Waals surface area contributed by atoms with Gasteiger partial charge in [-0.25, -0.2) is 14.7 Å². The van der Waals surface area contributed by atoms with Gasteiger partial charge in [0.25, 0.3) is 5.91 Å². The van der Waals surface area contributed by atoms with Crippen LogP contribution in [0.25, 0.3) is 0 Å². The van der Waals surface area contributed by atoms with E-state index in [2.05, 4.69) is 4.98 Å². The van der Waals surface area contributed by atoms with Crippen molar-refractivity contribution in [3.05, 3.63) is 59.2 Å². The van der Waals surface area contributed by atoms with Crippen molar-refractivity contribution in [3.63, 3.8) is 0 Å². The van der Waals surface area contributed by atoms with Crippen LogP contribution in [0.2, 0.25) is 5.02 Å². The molecule has 0 saturated carbocycles. The van der Waals surface area contributed by atoms with E-state index in [0.717, 1.165) is 4.90 Å². The second kappa shape index (κ2) is 6.37. The van der Waals surface area contributed by atoms with Crippen LogP contribution in [-0.2, 0) is 0 Å². The number of hydrogen-bond acceptors (Lipinski definition) is 3. The number of rotatable bonds is 2. The van der Waals surface area contributed by atoms with Gasteiger partial charge >= 0.3 is 6.03 Å². The number of halogens is 1. The molecule has 2 aromatic rings. The number of pyridine rings is 1. The molecule has 108 valence electrons. The Bertz CT molecular complexity index is 642. The highest BCUT2D eigenvalue weighted by molar-refractivity contribution is 6.30. The smallest absolute Gasteiger partial charge is 0.330 e. The molecule has 5 nitrogen and oxygen atoms in total. The summed E-state index contributed by atoms with van der Waals surface area (Å²) in [6.07, 6.45) is 1.53. The van der Waals surface area contributed by atoms with E-state index in [9.17, 15) is 9.59 Å². The third kappa shape index (κ3) is 3.38. The third-order valence-electron chi connectivity index (χ3n) is 2.75. The normalized spacial score (nSPS) is 10.0. The lowest BCUT2D eigenvalue weighted by atomic mass is 10.2. The predicted octanol–water partition coefficient (Wildman–Crippen LogP) is 3.06. The Morgan fingerprint density at radius 2 is 1.71 bits per heavy atom. The molecule has 0 aliphatic heterocycles. The number of amides is 3. The highest BCUT2D eigenvalue weighted by Crippen LogP contribution is 2.17. The molecule has 6 heteroatoms. The molecule has 0 N–H and O–H groups in total. The van der Waals surface area contributed by atoms with Crippen LogP contribution in [-0.4, -0.2) is 35.9 Å². The van der Waals surface area contributed by atoms with E-state index in [1.807, 2.05) is 0 Å². The van der Waals surface area contributed by atoms with Crippen molar-refractivity contribution < 1.29 is 9.59 Å². The monoisotopic (exact) mass is 303 g/mol. The maximum atomic E-state index is 12.6. The zero-order valence-electron chi connectivity index (χ0n) is 11.7. The van der Waals surface area contributed by atoms with Gasteiger partial charge in [0, 0.05) is 30.9 Å². The highest BCUT2D eigenvalue weighted by atomic mass is 35.5. The van der Waals surface area contributed by atoms with E-state index >= 15 is 0 Å². The summed E-state index contributed by atoms with van der Waals surface area (Å²) in [6.45, 7) is 0. The van der Waals surface area contributed by atoms with Crippen molar-refractivity contribution in [1.82, 2.24) is 9.88 Å². The van der Waals surface area contributed by atoms with Crippen LogP contribution in [0.15, 0.2) is 48.7 Å². The molecule has 0 fully saturated rings. The van der Waals surface area contributed by atoms with Crippen molar-refractivity contribution in [2.24, 2.45) is 0 Å². The van der Waals surface area contributed by atoms with Crippen molar-refractivity contribution in [2.75, 3.05) is 19.0 Å². The number of nitrogens with zero attached hydrogens (tertiary/aromatic N) is 3. The molecule has 0 radical (unpaired) electrons. The molecule has 1 aromatic carbocycles. The van der Waals surface area contributed by atoms with E-state index in [-0.39, 0.29) is 5.82 Å². The van der Waals surface area contributed by atoms with Gasteiger partial charge in [0.2, 0.25) is 0 Å². The fourth-order valence-electron chi connectivity index (χ4n) is 1.70. The number of anilines is 1. The van der Waals surface area contributed by atoms with Gasteiger partial charge in [-0.15, -0.1) is 0 Å². The quantitative estimate of drug-likeness (QED) is 0.857. The second-order valence-corrected chi connectivity index (χ2v) is 4.95. The molecule has 0 bridgehead atoms. The molecule has 1 heterocycles. The summed E-state index contributed by atoms with van der Waals surface area (Å²) in [5, 5.41) is 0.523. The number of urea groups is 1. The zero-order chi connectivity index (χ0) is 15.4. The molecule has 2 rings (SSSR count). The van der Waals surface area contributed by atoms with E-state index in [1.54, 1.807) is 56.6 Å². The van der Waals surface area contributed by atoms with E-state index in [4.69, 9.17) is 11.6 Å². The number of carbonyl (C=O) groups is 2. The van der Waals surface area contributed by atoms with Crippen LogP contribution in [0.3, 0.4) is 0 Å².